The molecule has 2 aliphatic rings. The highest BCUT2D eigenvalue weighted by Gasteiger charge is 2.31. The van der Waals surface area contributed by atoms with Gasteiger partial charge in [-0.3, -0.25) is 9.59 Å². The lowest BCUT2D eigenvalue weighted by atomic mass is 9.94. The Hall–Kier alpha value is -2.08. The third-order valence-corrected chi connectivity index (χ3v) is 5.40. The van der Waals surface area contributed by atoms with Crippen LogP contribution in [0.15, 0.2) is 24.3 Å². The second-order valence-corrected chi connectivity index (χ2v) is 7.26. The molecule has 1 aromatic carbocycles. The van der Waals surface area contributed by atoms with E-state index in [-0.39, 0.29) is 29.6 Å². The van der Waals surface area contributed by atoms with Crippen molar-refractivity contribution in [3.05, 3.63) is 29.8 Å². The summed E-state index contributed by atoms with van der Waals surface area (Å²) < 4.78 is 5.73. The number of aromatic hydroxyl groups is 1. The third kappa shape index (κ3) is 4.55. The van der Waals surface area contributed by atoms with Crippen molar-refractivity contribution in [2.75, 3.05) is 26.2 Å². The second kappa shape index (κ2) is 8.54. The lowest BCUT2D eigenvalue weighted by molar-refractivity contribution is -0.141. The van der Waals surface area contributed by atoms with Crippen molar-refractivity contribution in [1.82, 2.24) is 9.80 Å². The summed E-state index contributed by atoms with van der Waals surface area (Å²) in [6.45, 7) is 4.54. The van der Waals surface area contributed by atoms with Crippen molar-refractivity contribution in [2.45, 2.75) is 45.3 Å². The molecule has 2 saturated heterocycles. The van der Waals surface area contributed by atoms with Crippen molar-refractivity contribution in [2.24, 2.45) is 5.92 Å². The molecule has 1 atom stereocenters. The molecule has 1 N–H and O–H groups in total. The number of hydrogen-bond acceptors (Lipinski definition) is 4. The van der Waals surface area contributed by atoms with Gasteiger partial charge < -0.3 is 19.6 Å². The molecule has 2 amide bonds. The predicted octanol–water partition coefficient (Wildman–Crippen LogP) is 2.16. The molecule has 2 heterocycles. The molecular formula is C20H28N2O4. The highest BCUT2D eigenvalue weighted by Crippen LogP contribution is 2.25. The number of hydrogen-bond donors (Lipinski definition) is 1. The summed E-state index contributed by atoms with van der Waals surface area (Å²) in [6.07, 6.45) is 3.46. The molecule has 2 fully saturated rings. The maximum Gasteiger partial charge on any atom is 0.226 e. The number of carbonyl (C=O) groups excluding carboxylic acids is 2. The maximum atomic E-state index is 13.2. The summed E-state index contributed by atoms with van der Waals surface area (Å²) in [5.41, 5.74) is 0.750. The van der Waals surface area contributed by atoms with E-state index in [9.17, 15) is 14.7 Å². The number of nitrogens with zero attached hydrogens (tertiary/aromatic N) is 2. The maximum absolute atomic E-state index is 13.2. The zero-order chi connectivity index (χ0) is 18.5. The van der Waals surface area contributed by atoms with Crippen LogP contribution >= 0.6 is 0 Å². The van der Waals surface area contributed by atoms with Crippen LogP contribution in [0.3, 0.4) is 0 Å². The van der Waals surface area contributed by atoms with E-state index in [2.05, 4.69) is 0 Å². The van der Waals surface area contributed by atoms with E-state index in [1.807, 2.05) is 17.0 Å². The molecule has 3 rings (SSSR count). The fraction of sp³-hybridized carbons (Fsp3) is 0.600. The average Bonchev–Trinajstić information content (AvgIpc) is 3.15. The molecule has 0 spiro atoms. The minimum atomic E-state index is -0.0714. The van der Waals surface area contributed by atoms with Gasteiger partial charge in [0.15, 0.2) is 0 Å². The first-order valence-corrected chi connectivity index (χ1v) is 9.47. The van der Waals surface area contributed by atoms with Gasteiger partial charge in [-0.05, 0) is 31.7 Å². The summed E-state index contributed by atoms with van der Waals surface area (Å²) in [5.74, 6) is 0.315. The first-order chi connectivity index (χ1) is 12.5. The Morgan fingerprint density at radius 2 is 1.96 bits per heavy atom. The van der Waals surface area contributed by atoms with Crippen molar-refractivity contribution in [1.29, 1.82) is 0 Å². The van der Waals surface area contributed by atoms with Gasteiger partial charge in [0.25, 0.3) is 0 Å². The standard InChI is InChI=1S/C20H28N2O4/c1-15(23)21-10-8-16(9-11-21)20(25)22(14-18-6-4-12-26-18)13-17-5-2-3-7-19(17)24/h2-3,5,7,16,18,24H,4,6,8-14H2,1H3. The normalized spacial score (nSPS) is 21.0. The highest BCUT2D eigenvalue weighted by molar-refractivity contribution is 5.80. The fourth-order valence-electron chi connectivity index (χ4n) is 3.82. The minimum Gasteiger partial charge on any atom is -0.508 e. The molecular weight excluding hydrogens is 332 g/mol. The summed E-state index contributed by atoms with van der Waals surface area (Å²) in [4.78, 5) is 28.3. The predicted molar refractivity (Wildman–Crippen MR) is 97.5 cm³/mol. The van der Waals surface area contributed by atoms with Gasteiger partial charge in [0.05, 0.1) is 6.10 Å². The Morgan fingerprint density at radius 1 is 1.23 bits per heavy atom. The number of likely N-dealkylation sites (tertiary alicyclic amines) is 1. The first kappa shape index (κ1) is 18.7. The SMILES string of the molecule is CC(=O)N1CCC(C(=O)N(Cc2ccccc2O)CC2CCCO2)CC1. The molecule has 1 unspecified atom stereocenters. The summed E-state index contributed by atoms with van der Waals surface area (Å²) >= 11 is 0. The van der Waals surface area contributed by atoms with Gasteiger partial charge in [-0.2, -0.15) is 0 Å². The number of benzene rings is 1. The second-order valence-electron chi connectivity index (χ2n) is 7.26. The van der Waals surface area contributed by atoms with E-state index in [4.69, 9.17) is 4.74 Å². The molecule has 142 valence electrons. The van der Waals surface area contributed by atoms with Crippen molar-refractivity contribution in [3.63, 3.8) is 0 Å². The monoisotopic (exact) mass is 360 g/mol. The van der Waals surface area contributed by atoms with Crippen LogP contribution in [0.2, 0.25) is 0 Å². The van der Waals surface area contributed by atoms with Crippen LogP contribution < -0.4 is 0 Å². The molecule has 6 heteroatoms. The van der Waals surface area contributed by atoms with Gasteiger partial charge in [0.2, 0.25) is 11.8 Å². The molecule has 0 aliphatic carbocycles. The van der Waals surface area contributed by atoms with Crippen molar-refractivity contribution >= 4 is 11.8 Å². The summed E-state index contributed by atoms with van der Waals surface area (Å²) in [5, 5.41) is 10.1. The van der Waals surface area contributed by atoms with Gasteiger partial charge in [-0.1, -0.05) is 18.2 Å². The number of phenols is 1. The van der Waals surface area contributed by atoms with Gasteiger partial charge >= 0.3 is 0 Å². The molecule has 0 saturated carbocycles. The van der Waals surface area contributed by atoms with Gasteiger partial charge in [0.1, 0.15) is 5.75 Å². The molecule has 0 aromatic heterocycles. The summed E-state index contributed by atoms with van der Waals surface area (Å²) in [6, 6.07) is 7.15. The molecule has 26 heavy (non-hydrogen) atoms. The Bertz CT molecular complexity index is 634. The number of ether oxygens (including phenoxy) is 1. The van der Waals surface area contributed by atoms with Crippen molar-refractivity contribution in [3.8, 4) is 5.75 Å². The Morgan fingerprint density at radius 3 is 2.58 bits per heavy atom. The summed E-state index contributed by atoms with van der Waals surface area (Å²) in [7, 11) is 0. The zero-order valence-electron chi connectivity index (χ0n) is 15.4. The van der Waals surface area contributed by atoms with E-state index in [1.54, 1.807) is 24.0 Å². The van der Waals surface area contributed by atoms with Crippen LogP contribution in [0.5, 0.6) is 5.75 Å². The van der Waals surface area contributed by atoms with Crippen LogP contribution in [-0.2, 0) is 20.9 Å². The van der Waals surface area contributed by atoms with E-state index in [1.165, 1.54) is 0 Å². The molecule has 0 bridgehead atoms. The van der Waals surface area contributed by atoms with Crippen LogP contribution in [0, 0.1) is 5.92 Å². The van der Waals surface area contributed by atoms with E-state index >= 15 is 0 Å². The van der Waals surface area contributed by atoms with Crippen LogP contribution in [0.4, 0.5) is 0 Å². The van der Waals surface area contributed by atoms with Crippen molar-refractivity contribution < 1.29 is 19.4 Å². The van der Waals surface area contributed by atoms with E-state index < -0.39 is 0 Å². The van der Waals surface area contributed by atoms with Gasteiger partial charge in [-0.15, -0.1) is 0 Å². The zero-order valence-corrected chi connectivity index (χ0v) is 15.4. The van der Waals surface area contributed by atoms with Gasteiger partial charge in [-0.25, -0.2) is 0 Å². The number of phenolic OH excluding ortho intramolecular Hbond substituents is 1. The van der Waals surface area contributed by atoms with Crippen LogP contribution in [-0.4, -0.2) is 59.1 Å². The lowest BCUT2D eigenvalue weighted by Crippen LogP contribution is -2.45. The van der Waals surface area contributed by atoms with Crippen LogP contribution in [0.1, 0.15) is 38.2 Å². The minimum absolute atomic E-state index is 0.0707. The number of para-hydroxylation sites is 1. The average molecular weight is 360 g/mol. The topological polar surface area (TPSA) is 70.1 Å². The Balaban J connectivity index is 1.69. The lowest BCUT2D eigenvalue weighted by Gasteiger charge is -2.34. The molecule has 0 radical (unpaired) electrons. The molecule has 6 nitrogen and oxygen atoms in total. The Labute approximate surface area is 154 Å². The number of piperidine rings is 1. The number of amides is 2. The fourth-order valence-corrected chi connectivity index (χ4v) is 3.82. The molecule has 1 aromatic rings. The smallest absolute Gasteiger partial charge is 0.226 e. The number of rotatable bonds is 5. The van der Waals surface area contributed by atoms with Crippen LogP contribution in [0.25, 0.3) is 0 Å². The van der Waals surface area contributed by atoms with Gasteiger partial charge in [0, 0.05) is 51.2 Å². The number of carbonyl (C=O) groups is 2. The quantitative estimate of drug-likeness (QED) is 0.874. The largest absolute Gasteiger partial charge is 0.508 e. The first-order valence-electron chi connectivity index (χ1n) is 9.47. The molecule has 2 aliphatic heterocycles. The van der Waals surface area contributed by atoms with E-state index in [0.29, 0.717) is 39.0 Å². The third-order valence-electron chi connectivity index (χ3n) is 5.40. The Kier molecular flexibility index (Phi) is 6.14. The highest BCUT2D eigenvalue weighted by atomic mass is 16.5. The van der Waals surface area contributed by atoms with E-state index in [0.717, 1.165) is 25.0 Å².